The maximum Gasteiger partial charge on any atom is 0.290 e. The quantitative estimate of drug-likeness (QED) is 0.657. The molecule has 1 aliphatic rings. The number of ketones is 1. The number of halogens is 1. The van der Waals surface area contributed by atoms with E-state index in [4.69, 9.17) is 4.74 Å². The SMILES string of the molecule is COCCN1C(=O)C(O)=C(C(=O)/C=C/c2ccccc2)C1c1ccc(Br)cc1. The minimum absolute atomic E-state index is 0.0793. The van der Waals surface area contributed by atoms with Crippen LogP contribution >= 0.6 is 15.9 Å². The number of hydrogen-bond acceptors (Lipinski definition) is 4. The summed E-state index contributed by atoms with van der Waals surface area (Å²) in [5.74, 6) is -1.48. The summed E-state index contributed by atoms with van der Waals surface area (Å²) in [5.41, 5.74) is 1.68. The average molecular weight is 442 g/mol. The van der Waals surface area contributed by atoms with E-state index in [2.05, 4.69) is 15.9 Å². The minimum Gasteiger partial charge on any atom is -0.503 e. The monoisotopic (exact) mass is 441 g/mol. The van der Waals surface area contributed by atoms with Gasteiger partial charge in [0.2, 0.25) is 0 Å². The molecule has 2 aromatic rings. The number of allylic oxidation sites excluding steroid dienone is 1. The number of carbonyl (C=O) groups excluding carboxylic acids is 2. The summed E-state index contributed by atoms with van der Waals surface area (Å²) in [6.45, 7) is 0.562. The Hall–Kier alpha value is -2.70. The van der Waals surface area contributed by atoms with Gasteiger partial charge in [-0.15, -0.1) is 0 Å². The van der Waals surface area contributed by atoms with E-state index in [0.29, 0.717) is 6.61 Å². The lowest BCUT2D eigenvalue weighted by atomic mass is 9.95. The van der Waals surface area contributed by atoms with Gasteiger partial charge >= 0.3 is 0 Å². The first-order valence-electron chi connectivity index (χ1n) is 8.79. The molecule has 1 amide bonds. The summed E-state index contributed by atoms with van der Waals surface area (Å²) in [7, 11) is 1.54. The van der Waals surface area contributed by atoms with Crippen LogP contribution in [0, 0.1) is 0 Å². The third kappa shape index (κ3) is 4.24. The average Bonchev–Trinajstić information content (AvgIpc) is 2.96. The molecule has 1 heterocycles. The topological polar surface area (TPSA) is 66.8 Å². The Kier molecular flexibility index (Phi) is 6.44. The Labute approximate surface area is 172 Å². The molecule has 28 heavy (non-hydrogen) atoms. The summed E-state index contributed by atoms with van der Waals surface area (Å²) in [6, 6.07) is 16.0. The van der Waals surface area contributed by atoms with Crippen LogP contribution in [0.3, 0.4) is 0 Å². The molecule has 0 aliphatic carbocycles. The van der Waals surface area contributed by atoms with Crippen molar-refractivity contribution in [3.63, 3.8) is 0 Å². The molecular formula is C22H20BrNO4. The molecule has 0 spiro atoms. The van der Waals surface area contributed by atoms with E-state index in [1.54, 1.807) is 6.08 Å². The Morgan fingerprint density at radius 3 is 2.50 bits per heavy atom. The smallest absolute Gasteiger partial charge is 0.290 e. The van der Waals surface area contributed by atoms with Crippen LogP contribution in [-0.2, 0) is 14.3 Å². The lowest BCUT2D eigenvalue weighted by Crippen LogP contribution is -2.33. The van der Waals surface area contributed by atoms with Crippen molar-refractivity contribution in [1.29, 1.82) is 0 Å². The minimum atomic E-state index is -0.663. The number of aliphatic hydroxyl groups is 1. The van der Waals surface area contributed by atoms with Gasteiger partial charge < -0.3 is 14.7 Å². The first-order valence-corrected chi connectivity index (χ1v) is 9.58. The molecular weight excluding hydrogens is 422 g/mol. The molecule has 2 aromatic carbocycles. The van der Waals surface area contributed by atoms with Crippen LogP contribution in [0.25, 0.3) is 6.08 Å². The number of aliphatic hydroxyl groups excluding tert-OH is 1. The van der Waals surface area contributed by atoms with Crippen molar-refractivity contribution >= 4 is 33.7 Å². The third-order valence-electron chi connectivity index (χ3n) is 4.52. The molecule has 3 rings (SSSR count). The zero-order valence-corrected chi connectivity index (χ0v) is 16.9. The molecule has 0 saturated carbocycles. The fourth-order valence-electron chi connectivity index (χ4n) is 3.14. The Morgan fingerprint density at radius 2 is 1.86 bits per heavy atom. The van der Waals surface area contributed by atoms with Crippen molar-refractivity contribution in [2.24, 2.45) is 0 Å². The number of rotatable bonds is 7. The summed E-state index contributed by atoms with van der Waals surface area (Å²) in [4.78, 5) is 27.0. The number of hydrogen-bond donors (Lipinski definition) is 1. The van der Waals surface area contributed by atoms with Gasteiger partial charge in [0.1, 0.15) is 0 Å². The molecule has 1 unspecified atom stereocenters. The van der Waals surface area contributed by atoms with Crippen molar-refractivity contribution < 1.29 is 19.4 Å². The van der Waals surface area contributed by atoms with Gasteiger partial charge in [0.15, 0.2) is 11.5 Å². The predicted octanol–water partition coefficient (Wildman–Crippen LogP) is 4.07. The van der Waals surface area contributed by atoms with Crippen LogP contribution in [0.4, 0.5) is 0 Å². The van der Waals surface area contributed by atoms with Crippen LogP contribution in [0.1, 0.15) is 17.2 Å². The second kappa shape index (κ2) is 8.99. The van der Waals surface area contributed by atoms with Gasteiger partial charge in [-0.05, 0) is 29.3 Å². The summed E-state index contributed by atoms with van der Waals surface area (Å²) in [6.07, 6.45) is 3.06. The highest BCUT2D eigenvalue weighted by Crippen LogP contribution is 2.38. The molecule has 0 saturated heterocycles. The molecule has 144 valence electrons. The molecule has 1 N–H and O–H groups in total. The number of carbonyl (C=O) groups is 2. The first-order chi connectivity index (χ1) is 13.5. The highest BCUT2D eigenvalue weighted by atomic mass is 79.9. The predicted molar refractivity (Wildman–Crippen MR) is 111 cm³/mol. The van der Waals surface area contributed by atoms with E-state index < -0.39 is 23.5 Å². The van der Waals surface area contributed by atoms with Gasteiger partial charge in [-0.2, -0.15) is 0 Å². The zero-order valence-electron chi connectivity index (χ0n) is 15.3. The molecule has 1 atom stereocenters. The summed E-state index contributed by atoms with van der Waals surface area (Å²) < 4.78 is 5.97. The van der Waals surface area contributed by atoms with Gasteiger partial charge in [0, 0.05) is 18.1 Å². The van der Waals surface area contributed by atoms with Crippen LogP contribution in [0.15, 0.2) is 76.5 Å². The Morgan fingerprint density at radius 1 is 1.18 bits per heavy atom. The fourth-order valence-corrected chi connectivity index (χ4v) is 3.41. The van der Waals surface area contributed by atoms with E-state index in [0.717, 1.165) is 15.6 Å². The molecule has 0 aromatic heterocycles. The largest absolute Gasteiger partial charge is 0.503 e. The summed E-state index contributed by atoms with van der Waals surface area (Å²) >= 11 is 3.39. The van der Waals surface area contributed by atoms with E-state index >= 15 is 0 Å². The number of benzene rings is 2. The molecule has 5 nitrogen and oxygen atoms in total. The Balaban J connectivity index is 1.97. The van der Waals surface area contributed by atoms with E-state index in [1.165, 1.54) is 18.1 Å². The van der Waals surface area contributed by atoms with Gasteiger partial charge in [0.05, 0.1) is 18.2 Å². The first kappa shape index (κ1) is 20.0. The molecule has 1 aliphatic heterocycles. The van der Waals surface area contributed by atoms with Crippen molar-refractivity contribution in [1.82, 2.24) is 4.90 Å². The van der Waals surface area contributed by atoms with E-state index in [-0.39, 0.29) is 12.1 Å². The standard InChI is InChI=1S/C22H20BrNO4/c1-28-14-13-24-20(16-8-10-17(23)11-9-16)19(21(26)22(24)27)18(25)12-7-15-5-3-2-4-6-15/h2-12,20,26H,13-14H2,1H3/b12-7+. The highest BCUT2D eigenvalue weighted by Gasteiger charge is 2.42. The van der Waals surface area contributed by atoms with Crippen molar-refractivity contribution in [2.75, 3.05) is 20.3 Å². The highest BCUT2D eigenvalue weighted by molar-refractivity contribution is 9.10. The molecule has 0 fully saturated rings. The zero-order chi connectivity index (χ0) is 20.1. The van der Waals surface area contributed by atoms with E-state index in [9.17, 15) is 14.7 Å². The van der Waals surface area contributed by atoms with Crippen molar-refractivity contribution in [3.8, 4) is 0 Å². The molecule has 6 heteroatoms. The third-order valence-corrected chi connectivity index (χ3v) is 5.05. The molecule has 0 bridgehead atoms. The fraction of sp³-hybridized carbons (Fsp3) is 0.182. The second-order valence-corrected chi connectivity index (χ2v) is 7.23. The van der Waals surface area contributed by atoms with Crippen LogP contribution < -0.4 is 0 Å². The normalized spacial score (nSPS) is 17.0. The van der Waals surface area contributed by atoms with Gasteiger partial charge in [-0.1, -0.05) is 64.5 Å². The summed E-state index contributed by atoms with van der Waals surface area (Å²) in [5, 5.41) is 10.5. The maximum atomic E-state index is 12.9. The van der Waals surface area contributed by atoms with Crippen LogP contribution in [0.5, 0.6) is 0 Å². The van der Waals surface area contributed by atoms with Crippen LogP contribution in [-0.4, -0.2) is 42.0 Å². The lowest BCUT2D eigenvalue weighted by molar-refractivity contribution is -0.130. The van der Waals surface area contributed by atoms with E-state index in [1.807, 2.05) is 54.6 Å². The Bertz CT molecular complexity index is 919. The van der Waals surface area contributed by atoms with Gasteiger partial charge in [-0.25, -0.2) is 0 Å². The number of ether oxygens (including phenoxy) is 1. The van der Waals surface area contributed by atoms with Gasteiger partial charge in [0.25, 0.3) is 5.91 Å². The van der Waals surface area contributed by atoms with Crippen molar-refractivity contribution in [2.45, 2.75) is 6.04 Å². The number of amides is 1. The lowest BCUT2D eigenvalue weighted by Gasteiger charge is -2.26. The maximum absolute atomic E-state index is 12.9. The van der Waals surface area contributed by atoms with Crippen LogP contribution in [0.2, 0.25) is 0 Å². The molecule has 0 radical (unpaired) electrons. The second-order valence-electron chi connectivity index (χ2n) is 6.32. The van der Waals surface area contributed by atoms with Crippen molar-refractivity contribution in [3.05, 3.63) is 87.6 Å². The number of methoxy groups -OCH3 is 1. The number of nitrogens with zero attached hydrogens (tertiary/aromatic N) is 1. The van der Waals surface area contributed by atoms with Gasteiger partial charge in [-0.3, -0.25) is 9.59 Å².